The molecule has 1 N–H and O–H groups in total. The lowest BCUT2D eigenvalue weighted by atomic mass is 10.1. The van der Waals surface area contributed by atoms with Gasteiger partial charge in [0, 0.05) is 24.4 Å². The predicted molar refractivity (Wildman–Crippen MR) is 78.5 cm³/mol. The van der Waals surface area contributed by atoms with E-state index in [0.717, 1.165) is 19.3 Å². The third kappa shape index (κ3) is 3.32. The molecule has 0 aliphatic carbocycles. The van der Waals surface area contributed by atoms with Crippen molar-refractivity contribution in [3.8, 4) is 11.4 Å². The first-order valence-corrected chi connectivity index (χ1v) is 7.50. The predicted octanol–water partition coefficient (Wildman–Crippen LogP) is 2.79. The number of halogens is 1. The van der Waals surface area contributed by atoms with Gasteiger partial charge in [0.2, 0.25) is 17.6 Å². The topological polar surface area (TPSA) is 68.0 Å². The van der Waals surface area contributed by atoms with Crippen LogP contribution in [-0.2, 0) is 11.2 Å². The summed E-state index contributed by atoms with van der Waals surface area (Å²) in [6.45, 7) is 1.70. The molecule has 116 valence electrons. The van der Waals surface area contributed by atoms with Crippen LogP contribution < -0.4 is 5.32 Å². The van der Waals surface area contributed by atoms with Crippen LogP contribution in [0.1, 0.15) is 37.1 Å². The van der Waals surface area contributed by atoms with Gasteiger partial charge in [-0.3, -0.25) is 4.79 Å². The molecule has 0 spiro atoms. The highest BCUT2D eigenvalue weighted by atomic mass is 19.1. The highest BCUT2D eigenvalue weighted by Gasteiger charge is 2.20. The van der Waals surface area contributed by atoms with Crippen molar-refractivity contribution in [2.75, 3.05) is 0 Å². The van der Waals surface area contributed by atoms with Gasteiger partial charge >= 0.3 is 0 Å². The first kappa shape index (κ1) is 14.7. The van der Waals surface area contributed by atoms with Gasteiger partial charge in [-0.2, -0.15) is 4.98 Å². The van der Waals surface area contributed by atoms with Crippen molar-refractivity contribution in [1.82, 2.24) is 15.5 Å². The average molecular weight is 303 g/mol. The van der Waals surface area contributed by atoms with Crippen LogP contribution in [0.4, 0.5) is 4.39 Å². The number of nitrogens with zero attached hydrogens (tertiary/aromatic N) is 2. The second kappa shape index (κ2) is 6.25. The molecule has 1 amide bonds. The lowest BCUT2D eigenvalue weighted by Gasteiger charge is -2.12. The summed E-state index contributed by atoms with van der Waals surface area (Å²) in [5.41, 5.74) is 1.16. The van der Waals surface area contributed by atoms with Crippen molar-refractivity contribution < 1.29 is 13.7 Å². The first-order valence-electron chi connectivity index (χ1n) is 7.50. The molecule has 1 saturated heterocycles. The number of aryl methyl sites for hydroxylation is 1. The Labute approximate surface area is 127 Å². The SMILES string of the molecule is Cc1ccc(-c2noc(CC3CCCCC(=O)N3)n2)cc1F. The van der Waals surface area contributed by atoms with Crippen molar-refractivity contribution in [2.24, 2.45) is 0 Å². The van der Waals surface area contributed by atoms with Crippen LogP contribution in [0.25, 0.3) is 11.4 Å². The van der Waals surface area contributed by atoms with Crippen LogP contribution in [0.15, 0.2) is 22.7 Å². The minimum Gasteiger partial charge on any atom is -0.353 e. The number of rotatable bonds is 3. The minimum absolute atomic E-state index is 0.0260. The van der Waals surface area contributed by atoms with E-state index in [-0.39, 0.29) is 17.8 Å². The number of amides is 1. The molecular weight excluding hydrogens is 285 g/mol. The van der Waals surface area contributed by atoms with Crippen LogP contribution in [0.5, 0.6) is 0 Å². The summed E-state index contributed by atoms with van der Waals surface area (Å²) >= 11 is 0. The Bertz CT molecular complexity index is 684. The number of aromatic nitrogens is 2. The zero-order valence-electron chi connectivity index (χ0n) is 12.4. The van der Waals surface area contributed by atoms with E-state index in [1.165, 1.54) is 6.07 Å². The van der Waals surface area contributed by atoms with Crippen LogP contribution in [0, 0.1) is 12.7 Å². The first-order chi connectivity index (χ1) is 10.6. The summed E-state index contributed by atoms with van der Waals surface area (Å²) in [6.07, 6.45) is 3.91. The standard InChI is InChI=1S/C16H18FN3O2/c1-10-6-7-11(8-13(10)17)16-19-15(22-20-16)9-12-4-2-3-5-14(21)18-12/h6-8,12H,2-5,9H2,1H3,(H,18,21). The number of hydrogen-bond acceptors (Lipinski definition) is 4. The number of carbonyl (C=O) groups excluding carboxylic acids is 1. The van der Waals surface area contributed by atoms with Crippen LogP contribution in [-0.4, -0.2) is 22.1 Å². The zero-order chi connectivity index (χ0) is 15.5. The molecule has 0 radical (unpaired) electrons. The van der Waals surface area contributed by atoms with E-state index in [0.29, 0.717) is 35.7 Å². The molecule has 6 heteroatoms. The van der Waals surface area contributed by atoms with Gasteiger partial charge < -0.3 is 9.84 Å². The third-order valence-corrected chi connectivity index (χ3v) is 3.89. The molecule has 1 aromatic carbocycles. The van der Waals surface area contributed by atoms with Crippen molar-refractivity contribution in [1.29, 1.82) is 0 Å². The monoisotopic (exact) mass is 303 g/mol. The normalized spacial score (nSPS) is 18.8. The van der Waals surface area contributed by atoms with Crippen LogP contribution in [0.2, 0.25) is 0 Å². The van der Waals surface area contributed by atoms with Crippen molar-refractivity contribution >= 4 is 5.91 Å². The maximum Gasteiger partial charge on any atom is 0.229 e. The molecule has 3 rings (SSSR count). The molecule has 1 aliphatic rings. The molecule has 1 aromatic heterocycles. The van der Waals surface area contributed by atoms with E-state index in [4.69, 9.17) is 4.52 Å². The molecule has 1 unspecified atom stereocenters. The molecule has 0 saturated carbocycles. The van der Waals surface area contributed by atoms with Gasteiger partial charge in [-0.25, -0.2) is 4.39 Å². The van der Waals surface area contributed by atoms with E-state index in [2.05, 4.69) is 15.5 Å². The van der Waals surface area contributed by atoms with Crippen molar-refractivity contribution in [2.45, 2.75) is 45.1 Å². The Hall–Kier alpha value is -2.24. The Morgan fingerprint density at radius 3 is 3.09 bits per heavy atom. The lowest BCUT2D eigenvalue weighted by Crippen LogP contribution is -2.34. The molecule has 2 heterocycles. The van der Waals surface area contributed by atoms with Gasteiger partial charge in [-0.15, -0.1) is 0 Å². The number of hydrogen-bond donors (Lipinski definition) is 1. The van der Waals surface area contributed by atoms with Crippen molar-refractivity contribution in [3.05, 3.63) is 35.5 Å². The van der Waals surface area contributed by atoms with Crippen molar-refractivity contribution in [3.63, 3.8) is 0 Å². The minimum atomic E-state index is -0.292. The summed E-state index contributed by atoms with van der Waals surface area (Å²) in [4.78, 5) is 15.9. The highest BCUT2D eigenvalue weighted by Crippen LogP contribution is 2.20. The van der Waals surface area contributed by atoms with E-state index in [1.54, 1.807) is 19.1 Å². The lowest BCUT2D eigenvalue weighted by molar-refractivity contribution is -0.121. The summed E-state index contributed by atoms with van der Waals surface area (Å²) < 4.78 is 18.8. The van der Waals surface area contributed by atoms with E-state index < -0.39 is 0 Å². The number of nitrogens with one attached hydrogen (secondary N) is 1. The van der Waals surface area contributed by atoms with E-state index >= 15 is 0 Å². The molecule has 0 bridgehead atoms. The summed E-state index contributed by atoms with van der Waals surface area (Å²) in [5, 5.41) is 6.87. The molecule has 2 aromatic rings. The zero-order valence-corrected chi connectivity index (χ0v) is 12.4. The summed E-state index contributed by atoms with van der Waals surface area (Å²) in [7, 11) is 0. The maximum absolute atomic E-state index is 13.6. The summed E-state index contributed by atoms with van der Waals surface area (Å²) in [6, 6.07) is 4.88. The van der Waals surface area contributed by atoms with E-state index in [9.17, 15) is 9.18 Å². The van der Waals surface area contributed by atoms with Gasteiger partial charge in [-0.1, -0.05) is 23.7 Å². The fourth-order valence-electron chi connectivity index (χ4n) is 2.60. The van der Waals surface area contributed by atoms with Crippen LogP contribution >= 0.6 is 0 Å². The Morgan fingerprint density at radius 1 is 1.41 bits per heavy atom. The van der Waals surface area contributed by atoms with Gasteiger partial charge in [0.15, 0.2) is 0 Å². The van der Waals surface area contributed by atoms with E-state index in [1.807, 2.05) is 0 Å². The third-order valence-electron chi connectivity index (χ3n) is 3.89. The quantitative estimate of drug-likeness (QED) is 0.946. The highest BCUT2D eigenvalue weighted by molar-refractivity contribution is 5.76. The summed E-state index contributed by atoms with van der Waals surface area (Å²) in [5.74, 6) is 0.611. The molecule has 22 heavy (non-hydrogen) atoms. The molecule has 1 fully saturated rings. The Balaban J connectivity index is 1.73. The fourth-order valence-corrected chi connectivity index (χ4v) is 2.60. The van der Waals surface area contributed by atoms with Gasteiger partial charge in [0.25, 0.3) is 0 Å². The number of benzene rings is 1. The molecule has 1 aliphatic heterocycles. The average Bonchev–Trinajstić information content (AvgIpc) is 2.85. The van der Waals surface area contributed by atoms with Gasteiger partial charge in [0.05, 0.1) is 0 Å². The largest absolute Gasteiger partial charge is 0.353 e. The second-order valence-electron chi connectivity index (χ2n) is 5.69. The maximum atomic E-state index is 13.6. The fraction of sp³-hybridized carbons (Fsp3) is 0.438. The molecule has 5 nitrogen and oxygen atoms in total. The van der Waals surface area contributed by atoms with Gasteiger partial charge in [-0.05, 0) is 31.4 Å². The van der Waals surface area contributed by atoms with Crippen LogP contribution in [0.3, 0.4) is 0 Å². The molecular formula is C16H18FN3O2. The smallest absolute Gasteiger partial charge is 0.229 e. The Morgan fingerprint density at radius 2 is 2.27 bits per heavy atom. The molecule has 1 atom stereocenters. The number of carbonyl (C=O) groups is 1. The Kier molecular flexibility index (Phi) is 4.18. The second-order valence-corrected chi connectivity index (χ2v) is 5.69. The van der Waals surface area contributed by atoms with Gasteiger partial charge in [0.1, 0.15) is 5.82 Å².